The molecular weight excluding hydrogens is 378 g/mol. The summed E-state index contributed by atoms with van der Waals surface area (Å²) in [5.74, 6) is 0.651. The van der Waals surface area contributed by atoms with E-state index in [9.17, 15) is 4.79 Å². The van der Waals surface area contributed by atoms with E-state index in [2.05, 4.69) is 59.0 Å². The summed E-state index contributed by atoms with van der Waals surface area (Å²) in [6, 6.07) is 10.8. The lowest BCUT2D eigenvalue weighted by Crippen LogP contribution is -3.13. The van der Waals surface area contributed by atoms with Gasteiger partial charge in [-0.1, -0.05) is 38.1 Å². The molecule has 0 saturated carbocycles. The largest absolute Gasteiger partial charge is 0.328 e. The summed E-state index contributed by atoms with van der Waals surface area (Å²) < 4.78 is 0.840. The average molecular weight is 403 g/mol. The molecule has 3 rings (SSSR count). The number of piperazine rings is 1. The lowest BCUT2D eigenvalue weighted by Gasteiger charge is -2.32. The van der Waals surface area contributed by atoms with Crippen molar-refractivity contribution in [3.63, 3.8) is 0 Å². The Morgan fingerprint density at radius 2 is 1.88 bits per heavy atom. The third kappa shape index (κ3) is 4.67. The van der Waals surface area contributed by atoms with Crippen LogP contribution in [0, 0.1) is 0 Å². The third-order valence-electron chi connectivity index (χ3n) is 4.81. The predicted octanol–water partition coefficient (Wildman–Crippen LogP) is 2.51. The Hall–Kier alpha value is -1.72. The van der Waals surface area contributed by atoms with Crippen LogP contribution in [0.2, 0.25) is 0 Å². The van der Waals surface area contributed by atoms with Gasteiger partial charge in [-0.05, 0) is 33.5 Å². The SMILES string of the molecule is CC(C)c1ccc(C[NH+]2CCN(C(=O)c3cncc(Br)c3)CC2)cc1. The minimum absolute atomic E-state index is 0.0779. The number of halogens is 1. The molecule has 0 bridgehead atoms. The molecule has 0 aliphatic carbocycles. The number of carbonyl (C=O) groups excluding carboxylic acids is 1. The molecule has 5 heteroatoms. The van der Waals surface area contributed by atoms with Crippen LogP contribution in [0.15, 0.2) is 47.2 Å². The van der Waals surface area contributed by atoms with Gasteiger partial charge in [0.15, 0.2) is 0 Å². The highest BCUT2D eigenvalue weighted by atomic mass is 79.9. The first-order valence-corrected chi connectivity index (χ1v) is 9.64. The fourth-order valence-corrected chi connectivity index (χ4v) is 3.59. The molecule has 1 aromatic carbocycles. The number of nitrogens with one attached hydrogen (secondary N) is 1. The van der Waals surface area contributed by atoms with Gasteiger partial charge in [0.2, 0.25) is 0 Å². The van der Waals surface area contributed by atoms with E-state index in [0.717, 1.165) is 37.2 Å². The van der Waals surface area contributed by atoms with Crippen LogP contribution in [-0.2, 0) is 6.54 Å². The summed E-state index contributed by atoms with van der Waals surface area (Å²) >= 11 is 3.38. The van der Waals surface area contributed by atoms with Gasteiger partial charge in [-0.25, -0.2) is 0 Å². The summed E-state index contributed by atoms with van der Waals surface area (Å²) in [4.78, 5) is 20.1. The van der Waals surface area contributed by atoms with E-state index in [1.165, 1.54) is 16.0 Å². The zero-order valence-corrected chi connectivity index (χ0v) is 16.4. The number of aromatic nitrogens is 1. The van der Waals surface area contributed by atoms with Gasteiger partial charge in [0, 0.05) is 22.4 Å². The molecule has 2 aromatic rings. The average Bonchev–Trinajstić information content (AvgIpc) is 2.62. The Balaban J connectivity index is 1.54. The van der Waals surface area contributed by atoms with Crippen molar-refractivity contribution in [2.45, 2.75) is 26.3 Å². The van der Waals surface area contributed by atoms with Crippen molar-refractivity contribution in [2.75, 3.05) is 26.2 Å². The number of hydrogen-bond donors (Lipinski definition) is 1. The number of carbonyl (C=O) groups is 1. The highest BCUT2D eigenvalue weighted by molar-refractivity contribution is 9.10. The number of rotatable bonds is 4. The molecule has 1 amide bonds. The zero-order chi connectivity index (χ0) is 17.8. The molecule has 0 atom stereocenters. The minimum atomic E-state index is 0.0779. The molecule has 2 heterocycles. The van der Waals surface area contributed by atoms with Gasteiger partial charge < -0.3 is 9.80 Å². The summed E-state index contributed by atoms with van der Waals surface area (Å²) in [6.45, 7) is 9.03. The van der Waals surface area contributed by atoms with Crippen molar-refractivity contribution in [3.8, 4) is 0 Å². The number of quaternary nitrogens is 1. The molecule has 0 spiro atoms. The van der Waals surface area contributed by atoms with Gasteiger partial charge in [0.25, 0.3) is 5.91 Å². The maximum Gasteiger partial charge on any atom is 0.255 e. The summed E-state index contributed by atoms with van der Waals surface area (Å²) in [7, 11) is 0. The number of nitrogens with zero attached hydrogens (tertiary/aromatic N) is 2. The number of hydrogen-bond acceptors (Lipinski definition) is 2. The summed E-state index contributed by atoms with van der Waals surface area (Å²) in [6.07, 6.45) is 3.34. The molecule has 0 unspecified atom stereocenters. The standard InChI is InChI=1S/C20H24BrN3O/c1-15(2)17-5-3-16(4-6-17)14-23-7-9-24(10-8-23)20(25)18-11-19(21)13-22-12-18/h3-6,11-13,15H,7-10,14H2,1-2H3/p+1. The fourth-order valence-electron chi connectivity index (χ4n) is 3.22. The quantitative estimate of drug-likeness (QED) is 0.852. The van der Waals surface area contributed by atoms with E-state index in [-0.39, 0.29) is 5.91 Å². The molecular formula is C20H25BrN3O+. The topological polar surface area (TPSA) is 37.6 Å². The highest BCUT2D eigenvalue weighted by Gasteiger charge is 2.24. The van der Waals surface area contributed by atoms with Crippen LogP contribution in [0.25, 0.3) is 0 Å². The molecule has 1 fully saturated rings. The van der Waals surface area contributed by atoms with E-state index in [1.54, 1.807) is 12.4 Å². The van der Waals surface area contributed by atoms with Gasteiger partial charge in [-0.3, -0.25) is 9.78 Å². The molecule has 4 nitrogen and oxygen atoms in total. The van der Waals surface area contributed by atoms with Crippen molar-refractivity contribution >= 4 is 21.8 Å². The highest BCUT2D eigenvalue weighted by Crippen LogP contribution is 2.14. The van der Waals surface area contributed by atoms with Crippen molar-refractivity contribution in [3.05, 3.63) is 63.9 Å². The van der Waals surface area contributed by atoms with Crippen molar-refractivity contribution in [1.29, 1.82) is 0 Å². The van der Waals surface area contributed by atoms with Crippen LogP contribution in [0.1, 0.15) is 41.3 Å². The smallest absolute Gasteiger partial charge is 0.255 e. The van der Waals surface area contributed by atoms with Crippen LogP contribution < -0.4 is 4.90 Å². The fraction of sp³-hybridized carbons (Fsp3) is 0.400. The maximum absolute atomic E-state index is 12.6. The second-order valence-corrected chi connectivity index (χ2v) is 7.92. The van der Waals surface area contributed by atoms with Gasteiger partial charge in [0.05, 0.1) is 31.7 Å². The van der Waals surface area contributed by atoms with Gasteiger partial charge >= 0.3 is 0 Å². The van der Waals surface area contributed by atoms with Crippen molar-refractivity contribution in [1.82, 2.24) is 9.88 Å². The van der Waals surface area contributed by atoms with Crippen LogP contribution in [-0.4, -0.2) is 42.0 Å². The lowest BCUT2D eigenvalue weighted by molar-refractivity contribution is -0.917. The lowest BCUT2D eigenvalue weighted by atomic mass is 10.0. The third-order valence-corrected chi connectivity index (χ3v) is 5.24. The van der Waals surface area contributed by atoms with Crippen LogP contribution in [0.5, 0.6) is 0 Å². The van der Waals surface area contributed by atoms with Crippen molar-refractivity contribution < 1.29 is 9.69 Å². The van der Waals surface area contributed by atoms with E-state index >= 15 is 0 Å². The molecule has 1 aliphatic heterocycles. The monoisotopic (exact) mass is 402 g/mol. The Bertz CT molecular complexity index is 722. The Morgan fingerprint density at radius 3 is 2.48 bits per heavy atom. The Kier molecular flexibility index (Phi) is 5.86. The predicted molar refractivity (Wildman–Crippen MR) is 103 cm³/mol. The van der Waals surface area contributed by atoms with E-state index in [1.807, 2.05) is 11.0 Å². The molecule has 132 valence electrons. The number of pyridine rings is 1. The maximum atomic E-state index is 12.6. The first-order chi connectivity index (χ1) is 12.0. The second kappa shape index (κ2) is 8.11. The molecule has 1 saturated heterocycles. The Morgan fingerprint density at radius 1 is 1.20 bits per heavy atom. The number of benzene rings is 1. The molecule has 1 aromatic heterocycles. The molecule has 0 radical (unpaired) electrons. The first-order valence-electron chi connectivity index (χ1n) is 8.85. The van der Waals surface area contributed by atoms with Crippen molar-refractivity contribution in [2.24, 2.45) is 0 Å². The van der Waals surface area contributed by atoms with Gasteiger partial charge in [-0.2, -0.15) is 0 Å². The first kappa shape index (κ1) is 18.1. The minimum Gasteiger partial charge on any atom is -0.328 e. The second-order valence-electron chi connectivity index (χ2n) is 7.01. The summed E-state index contributed by atoms with van der Waals surface area (Å²) in [5.41, 5.74) is 3.41. The molecule has 1 N–H and O–H groups in total. The van der Waals surface area contributed by atoms with E-state index in [4.69, 9.17) is 0 Å². The van der Waals surface area contributed by atoms with Gasteiger partial charge in [-0.15, -0.1) is 0 Å². The zero-order valence-electron chi connectivity index (χ0n) is 14.8. The van der Waals surface area contributed by atoms with E-state index < -0.39 is 0 Å². The Labute approximate surface area is 158 Å². The molecule has 25 heavy (non-hydrogen) atoms. The normalized spacial score (nSPS) is 15.6. The summed E-state index contributed by atoms with van der Waals surface area (Å²) in [5, 5.41) is 0. The van der Waals surface area contributed by atoms with Gasteiger partial charge in [0.1, 0.15) is 6.54 Å². The molecule has 1 aliphatic rings. The van der Waals surface area contributed by atoms with Crippen LogP contribution in [0.3, 0.4) is 0 Å². The van der Waals surface area contributed by atoms with Crippen LogP contribution >= 0.6 is 15.9 Å². The van der Waals surface area contributed by atoms with E-state index in [0.29, 0.717) is 11.5 Å². The number of amides is 1. The van der Waals surface area contributed by atoms with Crippen LogP contribution in [0.4, 0.5) is 0 Å².